The fourth-order valence-electron chi connectivity index (χ4n) is 4.58. The van der Waals surface area contributed by atoms with Crippen molar-refractivity contribution in [1.82, 2.24) is 15.8 Å². The molecule has 5 atom stereocenters. The molecule has 28 heavy (non-hydrogen) atoms. The van der Waals surface area contributed by atoms with E-state index in [0.29, 0.717) is 25.0 Å². The molecular weight excluding hydrogens is 356 g/mol. The van der Waals surface area contributed by atoms with Gasteiger partial charge in [-0.05, 0) is 49.7 Å². The summed E-state index contributed by atoms with van der Waals surface area (Å²) >= 11 is 0. The predicted octanol–water partition coefficient (Wildman–Crippen LogP) is 1.22. The molecule has 0 saturated heterocycles. The highest BCUT2D eigenvalue weighted by molar-refractivity contribution is 5.97. The standard InChI is InChI=1S/C21H30N4O3/c1-13-11-16(9-10-18(13)26)21(20(22)28)12-17(19(27)23-3)24-25(21)14(2)15-7-5-4-6-8-15/h4-8,12-14,16,18,24,26H,9-11H2,1-3H3,(H2,22,28)(H,23,27)/t13-,14-,16-,18-,21?/m0/s1. The average Bonchev–Trinajstić information content (AvgIpc) is 3.11. The lowest BCUT2D eigenvalue weighted by atomic mass is 9.69. The van der Waals surface area contributed by atoms with Gasteiger partial charge in [0.25, 0.3) is 5.91 Å². The average molecular weight is 386 g/mol. The maximum atomic E-state index is 12.9. The molecule has 1 heterocycles. The van der Waals surface area contributed by atoms with Crippen LogP contribution in [0.2, 0.25) is 0 Å². The summed E-state index contributed by atoms with van der Waals surface area (Å²) in [5, 5.41) is 14.6. The first-order valence-electron chi connectivity index (χ1n) is 9.85. The molecule has 1 aliphatic carbocycles. The van der Waals surface area contributed by atoms with Crippen molar-refractivity contribution in [2.24, 2.45) is 17.6 Å². The van der Waals surface area contributed by atoms with Gasteiger partial charge in [-0.25, -0.2) is 0 Å². The van der Waals surface area contributed by atoms with Crippen LogP contribution in [0.1, 0.15) is 44.7 Å². The second kappa shape index (κ2) is 7.93. The first kappa shape index (κ1) is 20.4. The number of likely N-dealkylation sites (N-methyl/N-ethyl adjacent to an activating group) is 1. The molecule has 2 aliphatic rings. The number of amides is 2. The summed E-state index contributed by atoms with van der Waals surface area (Å²) in [4.78, 5) is 25.3. The van der Waals surface area contributed by atoms with Gasteiger partial charge in [0.1, 0.15) is 11.2 Å². The molecule has 3 rings (SSSR count). The number of primary amides is 1. The normalized spacial score (nSPS) is 31.6. The van der Waals surface area contributed by atoms with Crippen molar-refractivity contribution < 1.29 is 14.7 Å². The number of aliphatic hydroxyl groups is 1. The number of carbonyl (C=O) groups excluding carboxylic acids is 2. The molecule has 1 unspecified atom stereocenters. The molecule has 1 saturated carbocycles. The van der Waals surface area contributed by atoms with Crippen LogP contribution in [0.15, 0.2) is 42.1 Å². The van der Waals surface area contributed by atoms with Gasteiger partial charge >= 0.3 is 0 Å². The lowest BCUT2D eigenvalue weighted by Crippen LogP contribution is -2.63. The molecule has 7 heteroatoms. The highest BCUT2D eigenvalue weighted by Crippen LogP contribution is 2.45. The second-order valence-electron chi connectivity index (χ2n) is 7.95. The van der Waals surface area contributed by atoms with Crippen LogP contribution >= 0.6 is 0 Å². The monoisotopic (exact) mass is 386 g/mol. The molecule has 5 N–H and O–H groups in total. The third-order valence-corrected chi connectivity index (χ3v) is 6.29. The van der Waals surface area contributed by atoms with Crippen LogP contribution in [0.3, 0.4) is 0 Å². The Morgan fingerprint density at radius 1 is 1.32 bits per heavy atom. The van der Waals surface area contributed by atoms with Gasteiger partial charge in [-0.1, -0.05) is 37.3 Å². The quantitative estimate of drug-likeness (QED) is 0.609. The smallest absolute Gasteiger partial charge is 0.268 e. The Hall–Kier alpha value is -2.38. The van der Waals surface area contributed by atoms with Crippen molar-refractivity contribution in [3.05, 3.63) is 47.7 Å². The Bertz CT molecular complexity index is 766. The first-order valence-corrected chi connectivity index (χ1v) is 9.85. The van der Waals surface area contributed by atoms with Crippen LogP contribution < -0.4 is 16.5 Å². The number of nitrogens with zero attached hydrogens (tertiary/aromatic N) is 1. The maximum Gasteiger partial charge on any atom is 0.268 e. The van der Waals surface area contributed by atoms with E-state index in [4.69, 9.17) is 5.73 Å². The molecule has 0 aromatic heterocycles. The van der Waals surface area contributed by atoms with Crippen LogP contribution in [-0.2, 0) is 9.59 Å². The third kappa shape index (κ3) is 3.40. The van der Waals surface area contributed by atoms with Crippen molar-refractivity contribution >= 4 is 11.8 Å². The summed E-state index contributed by atoms with van der Waals surface area (Å²) in [7, 11) is 1.55. The number of carbonyl (C=O) groups is 2. The van der Waals surface area contributed by atoms with Gasteiger partial charge in [0, 0.05) is 7.05 Å². The molecule has 1 aromatic carbocycles. The maximum absolute atomic E-state index is 12.9. The van der Waals surface area contributed by atoms with E-state index in [1.807, 2.05) is 49.2 Å². The lowest BCUT2D eigenvalue weighted by Gasteiger charge is -2.46. The highest BCUT2D eigenvalue weighted by atomic mass is 16.3. The van der Waals surface area contributed by atoms with Crippen LogP contribution in [0.5, 0.6) is 0 Å². The number of hydrogen-bond acceptors (Lipinski definition) is 5. The van der Waals surface area contributed by atoms with Gasteiger partial charge in [-0.3, -0.25) is 9.59 Å². The number of aliphatic hydroxyl groups excluding tert-OH is 1. The van der Waals surface area contributed by atoms with Gasteiger partial charge in [0.2, 0.25) is 5.91 Å². The minimum Gasteiger partial charge on any atom is -0.393 e. The Balaban J connectivity index is 2.06. The van der Waals surface area contributed by atoms with E-state index in [-0.39, 0.29) is 29.9 Å². The van der Waals surface area contributed by atoms with Crippen LogP contribution in [-0.4, -0.2) is 40.6 Å². The van der Waals surface area contributed by atoms with E-state index in [1.54, 1.807) is 13.1 Å². The highest BCUT2D eigenvalue weighted by Gasteiger charge is 2.55. The van der Waals surface area contributed by atoms with Crippen molar-refractivity contribution in [1.29, 1.82) is 0 Å². The Morgan fingerprint density at radius 2 is 2.00 bits per heavy atom. The van der Waals surface area contributed by atoms with Gasteiger partial charge < -0.3 is 21.6 Å². The largest absolute Gasteiger partial charge is 0.393 e. The van der Waals surface area contributed by atoms with Gasteiger partial charge in [0.05, 0.1) is 12.1 Å². The van der Waals surface area contributed by atoms with E-state index < -0.39 is 11.4 Å². The van der Waals surface area contributed by atoms with Crippen LogP contribution in [0, 0.1) is 11.8 Å². The zero-order valence-corrected chi connectivity index (χ0v) is 16.7. The zero-order chi connectivity index (χ0) is 20.5. The number of nitrogens with one attached hydrogen (secondary N) is 2. The summed E-state index contributed by atoms with van der Waals surface area (Å²) in [5.74, 6) is -0.835. The molecule has 1 aromatic rings. The van der Waals surface area contributed by atoms with Crippen LogP contribution in [0.25, 0.3) is 0 Å². The summed E-state index contributed by atoms with van der Waals surface area (Å²) in [6.45, 7) is 3.98. The fraction of sp³-hybridized carbons (Fsp3) is 0.524. The number of nitrogens with two attached hydrogens (primary N) is 1. The summed E-state index contributed by atoms with van der Waals surface area (Å²) < 4.78 is 0. The van der Waals surface area contributed by atoms with E-state index in [1.165, 1.54) is 0 Å². The van der Waals surface area contributed by atoms with Crippen molar-refractivity contribution in [3.8, 4) is 0 Å². The molecule has 1 aliphatic heterocycles. The molecule has 0 radical (unpaired) electrons. The third-order valence-electron chi connectivity index (χ3n) is 6.29. The van der Waals surface area contributed by atoms with Crippen molar-refractivity contribution in [2.45, 2.75) is 50.8 Å². The topological polar surface area (TPSA) is 108 Å². The number of hydrazine groups is 1. The molecular formula is C21H30N4O3. The summed E-state index contributed by atoms with van der Waals surface area (Å²) in [5.41, 5.74) is 9.33. The number of benzene rings is 1. The molecule has 7 nitrogen and oxygen atoms in total. The number of hydrogen-bond donors (Lipinski definition) is 4. The SMILES string of the molecule is CNC(=O)C1=CC(C(N)=O)([C@H]2CC[C@H](O)[C@@H](C)C2)N([C@@H](C)c2ccccc2)N1. The van der Waals surface area contributed by atoms with Crippen LogP contribution in [0.4, 0.5) is 0 Å². The molecule has 0 spiro atoms. The minimum atomic E-state index is -1.15. The lowest BCUT2D eigenvalue weighted by molar-refractivity contribution is -0.136. The van der Waals surface area contributed by atoms with E-state index in [2.05, 4.69) is 10.7 Å². The first-order chi connectivity index (χ1) is 13.3. The molecule has 2 amide bonds. The minimum absolute atomic E-state index is 0.0568. The predicted molar refractivity (Wildman–Crippen MR) is 106 cm³/mol. The van der Waals surface area contributed by atoms with Crippen molar-refractivity contribution in [3.63, 3.8) is 0 Å². The van der Waals surface area contributed by atoms with E-state index in [9.17, 15) is 14.7 Å². The summed E-state index contributed by atoms with van der Waals surface area (Å²) in [6, 6.07) is 9.61. The fourth-order valence-corrected chi connectivity index (χ4v) is 4.58. The zero-order valence-electron chi connectivity index (χ0n) is 16.7. The second-order valence-corrected chi connectivity index (χ2v) is 7.95. The Kier molecular flexibility index (Phi) is 5.76. The van der Waals surface area contributed by atoms with E-state index in [0.717, 1.165) is 5.56 Å². The molecule has 152 valence electrons. The number of rotatable bonds is 5. The Morgan fingerprint density at radius 3 is 2.57 bits per heavy atom. The molecule has 0 bridgehead atoms. The van der Waals surface area contributed by atoms with Gasteiger partial charge in [-0.15, -0.1) is 0 Å². The van der Waals surface area contributed by atoms with Gasteiger partial charge in [0.15, 0.2) is 0 Å². The van der Waals surface area contributed by atoms with Crippen molar-refractivity contribution in [2.75, 3.05) is 7.05 Å². The van der Waals surface area contributed by atoms with E-state index >= 15 is 0 Å². The summed E-state index contributed by atoms with van der Waals surface area (Å²) in [6.07, 6.45) is 3.23. The van der Waals surface area contributed by atoms with Gasteiger partial charge in [-0.2, -0.15) is 5.01 Å². The molecule has 1 fully saturated rings. The Labute approximate surface area is 165 Å².